The molecule has 0 radical (unpaired) electrons. The van der Waals surface area contributed by atoms with Crippen molar-refractivity contribution in [3.8, 4) is 0 Å². The molecule has 0 bridgehead atoms. The average Bonchev–Trinajstić information content (AvgIpc) is 2.38. The number of hydrogen-bond acceptors (Lipinski definition) is 3. The molecule has 1 fully saturated rings. The van der Waals surface area contributed by atoms with Gasteiger partial charge in [0.15, 0.2) is 5.79 Å². The topological polar surface area (TPSA) is 30.5 Å². The van der Waals surface area contributed by atoms with Gasteiger partial charge in [-0.2, -0.15) is 0 Å². The zero-order valence-electron chi connectivity index (χ0n) is 11.5. The van der Waals surface area contributed by atoms with Gasteiger partial charge in [-0.15, -0.1) is 0 Å². The summed E-state index contributed by atoms with van der Waals surface area (Å²) in [5, 5.41) is 3.50. The van der Waals surface area contributed by atoms with Gasteiger partial charge in [0.05, 0.1) is 19.3 Å². The summed E-state index contributed by atoms with van der Waals surface area (Å²) in [7, 11) is 0. The zero-order valence-corrected chi connectivity index (χ0v) is 11.5. The quantitative estimate of drug-likeness (QED) is 0.889. The molecule has 1 aliphatic rings. The third-order valence-electron chi connectivity index (χ3n) is 3.34. The van der Waals surface area contributed by atoms with Crippen LogP contribution in [0.3, 0.4) is 0 Å². The molecule has 1 saturated heterocycles. The van der Waals surface area contributed by atoms with Crippen LogP contribution in [-0.2, 0) is 22.4 Å². The van der Waals surface area contributed by atoms with E-state index >= 15 is 0 Å². The Morgan fingerprint density at radius 1 is 1.17 bits per heavy atom. The van der Waals surface area contributed by atoms with Crippen LogP contribution < -0.4 is 5.32 Å². The third-order valence-corrected chi connectivity index (χ3v) is 3.34. The van der Waals surface area contributed by atoms with Gasteiger partial charge in [-0.25, -0.2) is 0 Å². The smallest absolute Gasteiger partial charge is 0.162 e. The van der Waals surface area contributed by atoms with E-state index in [-0.39, 0.29) is 6.04 Å². The number of benzene rings is 1. The van der Waals surface area contributed by atoms with Crippen molar-refractivity contribution in [1.82, 2.24) is 5.32 Å². The summed E-state index contributed by atoms with van der Waals surface area (Å²) in [6.45, 7) is 8.39. The fourth-order valence-electron chi connectivity index (χ4n) is 2.14. The Labute approximate surface area is 109 Å². The second kappa shape index (κ2) is 5.83. The molecule has 18 heavy (non-hydrogen) atoms. The van der Waals surface area contributed by atoms with Crippen molar-refractivity contribution in [1.29, 1.82) is 0 Å². The minimum absolute atomic E-state index is 0.280. The summed E-state index contributed by atoms with van der Waals surface area (Å²) in [5.74, 6) is -0.431. The minimum atomic E-state index is -0.431. The molecule has 1 aromatic rings. The van der Waals surface area contributed by atoms with E-state index in [0.717, 1.165) is 13.0 Å². The first-order valence-corrected chi connectivity index (χ1v) is 6.69. The minimum Gasteiger partial charge on any atom is -0.349 e. The molecule has 1 aromatic carbocycles. The molecule has 0 aliphatic carbocycles. The van der Waals surface area contributed by atoms with Crippen LogP contribution in [0.5, 0.6) is 0 Å². The maximum atomic E-state index is 5.64. The van der Waals surface area contributed by atoms with Gasteiger partial charge in [-0.3, -0.25) is 0 Å². The molecular formula is C15H23NO2. The van der Waals surface area contributed by atoms with Crippen LogP contribution >= 0.6 is 0 Å². The molecule has 1 N–H and O–H groups in total. The molecule has 1 heterocycles. The van der Waals surface area contributed by atoms with Gasteiger partial charge >= 0.3 is 0 Å². The Balaban J connectivity index is 1.85. The molecule has 0 aromatic heterocycles. The van der Waals surface area contributed by atoms with Crippen LogP contribution in [0.1, 0.15) is 31.9 Å². The highest BCUT2D eigenvalue weighted by Gasteiger charge is 2.27. The lowest BCUT2D eigenvalue weighted by Crippen LogP contribution is -2.48. The Bertz CT molecular complexity index is 380. The molecule has 0 atom stereocenters. The number of rotatable bonds is 4. The van der Waals surface area contributed by atoms with Gasteiger partial charge in [0.2, 0.25) is 0 Å². The Morgan fingerprint density at radius 3 is 2.39 bits per heavy atom. The van der Waals surface area contributed by atoms with Crippen molar-refractivity contribution in [2.45, 2.75) is 45.6 Å². The maximum Gasteiger partial charge on any atom is 0.162 e. The molecule has 0 saturated carbocycles. The van der Waals surface area contributed by atoms with E-state index in [9.17, 15) is 0 Å². The lowest BCUT2D eigenvalue weighted by molar-refractivity contribution is -0.253. The van der Waals surface area contributed by atoms with Gasteiger partial charge < -0.3 is 14.8 Å². The zero-order chi connectivity index (χ0) is 13.0. The van der Waals surface area contributed by atoms with E-state index in [1.165, 1.54) is 11.1 Å². The molecule has 1 aliphatic heterocycles. The molecule has 0 spiro atoms. The summed E-state index contributed by atoms with van der Waals surface area (Å²) < 4.78 is 11.3. The van der Waals surface area contributed by atoms with E-state index in [1.54, 1.807) is 0 Å². The Hall–Kier alpha value is -0.900. The van der Waals surface area contributed by atoms with Crippen LogP contribution in [-0.4, -0.2) is 25.0 Å². The first-order valence-electron chi connectivity index (χ1n) is 6.69. The Morgan fingerprint density at radius 2 is 1.78 bits per heavy atom. The monoisotopic (exact) mass is 249 g/mol. The SMILES string of the molecule is CCc1ccccc1CNC1COC(C)(C)OC1. The summed E-state index contributed by atoms with van der Waals surface area (Å²) in [6.07, 6.45) is 1.07. The van der Waals surface area contributed by atoms with Crippen molar-refractivity contribution in [2.75, 3.05) is 13.2 Å². The number of ether oxygens (including phenoxy) is 2. The lowest BCUT2D eigenvalue weighted by Gasteiger charge is -2.35. The van der Waals surface area contributed by atoms with Crippen molar-refractivity contribution in [3.05, 3.63) is 35.4 Å². The van der Waals surface area contributed by atoms with E-state index in [1.807, 2.05) is 13.8 Å². The largest absolute Gasteiger partial charge is 0.349 e. The van der Waals surface area contributed by atoms with Crippen LogP contribution in [0.4, 0.5) is 0 Å². The molecule has 3 nitrogen and oxygen atoms in total. The van der Waals surface area contributed by atoms with Crippen molar-refractivity contribution >= 4 is 0 Å². The molecular weight excluding hydrogens is 226 g/mol. The summed E-state index contributed by atoms with van der Waals surface area (Å²) in [4.78, 5) is 0. The second-order valence-corrected chi connectivity index (χ2v) is 5.22. The van der Waals surface area contributed by atoms with E-state index in [0.29, 0.717) is 13.2 Å². The highest BCUT2D eigenvalue weighted by molar-refractivity contribution is 5.26. The second-order valence-electron chi connectivity index (χ2n) is 5.22. The van der Waals surface area contributed by atoms with Gasteiger partial charge in [-0.05, 0) is 31.4 Å². The summed E-state index contributed by atoms with van der Waals surface area (Å²) in [6, 6.07) is 8.84. The molecule has 0 unspecified atom stereocenters. The average molecular weight is 249 g/mol. The van der Waals surface area contributed by atoms with Crippen LogP contribution in [0.2, 0.25) is 0 Å². The number of aryl methyl sites for hydroxylation is 1. The van der Waals surface area contributed by atoms with Gasteiger partial charge in [-0.1, -0.05) is 31.2 Å². The molecule has 100 valence electrons. The highest BCUT2D eigenvalue weighted by Crippen LogP contribution is 2.17. The van der Waals surface area contributed by atoms with E-state index in [4.69, 9.17) is 9.47 Å². The maximum absolute atomic E-state index is 5.64. The highest BCUT2D eigenvalue weighted by atomic mass is 16.7. The first-order chi connectivity index (χ1) is 8.61. The normalized spacial score (nSPS) is 19.9. The predicted octanol–water partition coefficient (Wildman–Crippen LogP) is 2.49. The summed E-state index contributed by atoms with van der Waals surface area (Å²) >= 11 is 0. The molecule has 2 rings (SSSR count). The number of hydrogen-bond donors (Lipinski definition) is 1. The summed E-state index contributed by atoms with van der Waals surface area (Å²) in [5.41, 5.74) is 2.77. The van der Waals surface area contributed by atoms with Crippen LogP contribution in [0.25, 0.3) is 0 Å². The van der Waals surface area contributed by atoms with Crippen molar-refractivity contribution in [3.63, 3.8) is 0 Å². The Kier molecular flexibility index (Phi) is 4.38. The van der Waals surface area contributed by atoms with Gasteiger partial charge in [0.1, 0.15) is 0 Å². The van der Waals surface area contributed by atoms with E-state index < -0.39 is 5.79 Å². The fourth-order valence-corrected chi connectivity index (χ4v) is 2.14. The lowest BCUT2D eigenvalue weighted by atomic mass is 10.1. The van der Waals surface area contributed by atoms with Crippen molar-refractivity contribution in [2.24, 2.45) is 0 Å². The molecule has 3 heteroatoms. The standard InChI is InChI=1S/C15H23NO2/c1-4-12-7-5-6-8-13(12)9-16-14-10-17-15(2,3)18-11-14/h5-8,14,16H,4,9-11H2,1-3H3. The van der Waals surface area contributed by atoms with Crippen LogP contribution in [0.15, 0.2) is 24.3 Å². The van der Waals surface area contributed by atoms with Gasteiger partial charge in [0.25, 0.3) is 0 Å². The predicted molar refractivity (Wildman–Crippen MR) is 72.4 cm³/mol. The van der Waals surface area contributed by atoms with Gasteiger partial charge in [0, 0.05) is 6.54 Å². The third kappa shape index (κ3) is 3.55. The molecule has 0 amide bonds. The number of nitrogens with one attached hydrogen (secondary N) is 1. The fraction of sp³-hybridized carbons (Fsp3) is 0.600. The van der Waals surface area contributed by atoms with E-state index in [2.05, 4.69) is 36.5 Å². The van der Waals surface area contributed by atoms with Crippen molar-refractivity contribution < 1.29 is 9.47 Å². The van der Waals surface area contributed by atoms with Crippen LogP contribution in [0, 0.1) is 0 Å². The first kappa shape index (κ1) is 13.5.